The molecule has 0 spiro atoms. The van der Waals surface area contributed by atoms with Gasteiger partial charge in [0.2, 0.25) is 0 Å². The second-order valence-corrected chi connectivity index (χ2v) is 7.66. The molecule has 0 aromatic carbocycles. The summed E-state index contributed by atoms with van der Waals surface area (Å²) in [6.07, 6.45) is 6.74. The van der Waals surface area contributed by atoms with E-state index in [0.717, 1.165) is 32.1 Å². The molecule has 2 unspecified atom stereocenters. The van der Waals surface area contributed by atoms with Crippen molar-refractivity contribution in [3.63, 3.8) is 0 Å². The molecule has 20 heavy (non-hydrogen) atoms. The van der Waals surface area contributed by atoms with Gasteiger partial charge in [0.15, 0.2) is 0 Å². The second-order valence-electron chi connectivity index (χ2n) is 7.66. The zero-order valence-corrected chi connectivity index (χ0v) is 12.9. The third-order valence-electron chi connectivity index (χ3n) is 5.10. The first kappa shape index (κ1) is 14.1. The van der Waals surface area contributed by atoms with E-state index in [0.29, 0.717) is 17.4 Å². The van der Waals surface area contributed by atoms with Gasteiger partial charge >= 0.3 is 5.97 Å². The molecule has 4 saturated carbocycles. The van der Waals surface area contributed by atoms with Gasteiger partial charge in [-0.25, -0.2) is 4.79 Å². The SMILES string of the molecule is C=C(C)C(=O)OC12CC3CC(C1)CC(OC(C)C)(C3)C2. The Hall–Kier alpha value is -0.830. The molecule has 0 aliphatic heterocycles. The van der Waals surface area contributed by atoms with Crippen LogP contribution in [0.1, 0.15) is 59.3 Å². The van der Waals surface area contributed by atoms with Crippen molar-refractivity contribution in [1.29, 1.82) is 0 Å². The van der Waals surface area contributed by atoms with E-state index in [1.165, 1.54) is 6.42 Å². The lowest BCUT2D eigenvalue weighted by Gasteiger charge is -2.61. The zero-order valence-electron chi connectivity index (χ0n) is 12.9. The van der Waals surface area contributed by atoms with Gasteiger partial charge in [0.1, 0.15) is 5.60 Å². The molecule has 4 aliphatic rings. The van der Waals surface area contributed by atoms with Crippen molar-refractivity contribution in [3.05, 3.63) is 12.2 Å². The number of esters is 1. The van der Waals surface area contributed by atoms with Crippen LogP contribution in [0.3, 0.4) is 0 Å². The van der Waals surface area contributed by atoms with E-state index in [4.69, 9.17) is 9.47 Å². The quantitative estimate of drug-likeness (QED) is 0.582. The van der Waals surface area contributed by atoms with Crippen molar-refractivity contribution < 1.29 is 14.3 Å². The minimum atomic E-state index is -0.283. The van der Waals surface area contributed by atoms with E-state index < -0.39 is 0 Å². The maximum atomic E-state index is 12.0. The fraction of sp³-hybridized carbons (Fsp3) is 0.824. The van der Waals surface area contributed by atoms with Crippen LogP contribution in [0.15, 0.2) is 12.2 Å². The molecule has 2 atom stereocenters. The Balaban J connectivity index is 1.83. The minimum Gasteiger partial charge on any atom is -0.456 e. The molecule has 112 valence electrons. The van der Waals surface area contributed by atoms with Crippen LogP contribution in [0.2, 0.25) is 0 Å². The fourth-order valence-corrected chi connectivity index (χ4v) is 5.14. The van der Waals surface area contributed by atoms with Crippen LogP contribution in [-0.2, 0) is 14.3 Å². The molecule has 0 aromatic heterocycles. The first-order chi connectivity index (χ1) is 9.31. The molecule has 0 amide bonds. The average molecular weight is 278 g/mol. The maximum Gasteiger partial charge on any atom is 0.333 e. The van der Waals surface area contributed by atoms with Gasteiger partial charge in [-0.2, -0.15) is 0 Å². The Morgan fingerprint density at radius 2 is 1.70 bits per heavy atom. The highest BCUT2D eigenvalue weighted by Gasteiger charge is 2.60. The Labute approximate surface area is 121 Å². The first-order valence-corrected chi connectivity index (χ1v) is 7.88. The van der Waals surface area contributed by atoms with Crippen molar-refractivity contribution in [2.24, 2.45) is 11.8 Å². The van der Waals surface area contributed by atoms with E-state index in [9.17, 15) is 4.79 Å². The van der Waals surface area contributed by atoms with Gasteiger partial charge in [0.05, 0.1) is 11.7 Å². The molecule has 0 N–H and O–H groups in total. The third kappa shape index (κ3) is 2.41. The molecule has 3 nitrogen and oxygen atoms in total. The van der Waals surface area contributed by atoms with Crippen LogP contribution < -0.4 is 0 Å². The van der Waals surface area contributed by atoms with E-state index in [1.807, 2.05) is 0 Å². The van der Waals surface area contributed by atoms with Crippen molar-refractivity contribution in [3.8, 4) is 0 Å². The highest BCUT2D eigenvalue weighted by atomic mass is 16.6. The van der Waals surface area contributed by atoms with E-state index >= 15 is 0 Å². The minimum absolute atomic E-state index is 0.0480. The predicted octanol–water partition coefficient (Wildman–Crippen LogP) is 3.62. The summed E-state index contributed by atoms with van der Waals surface area (Å²) in [7, 11) is 0. The molecule has 4 aliphatic carbocycles. The number of ether oxygens (including phenoxy) is 2. The molecular formula is C17H26O3. The number of hydrogen-bond donors (Lipinski definition) is 0. The van der Waals surface area contributed by atoms with Gasteiger partial charge in [0, 0.05) is 12.0 Å². The largest absolute Gasteiger partial charge is 0.456 e. The van der Waals surface area contributed by atoms with Crippen LogP contribution in [0.25, 0.3) is 0 Å². The van der Waals surface area contributed by atoms with E-state index in [-0.39, 0.29) is 23.3 Å². The molecule has 4 rings (SSSR count). The Morgan fingerprint density at radius 3 is 2.20 bits per heavy atom. The summed E-state index contributed by atoms with van der Waals surface area (Å²) in [6, 6.07) is 0. The standard InChI is InChI=1S/C17H26O3/c1-11(2)15(18)20-17-8-13-5-14(9-17)7-16(6-13,10-17)19-12(3)4/h12-14H,1,5-10H2,2-4H3. The van der Waals surface area contributed by atoms with Crippen molar-refractivity contribution in [1.82, 2.24) is 0 Å². The molecule has 0 aromatic rings. The Kier molecular flexibility index (Phi) is 3.24. The number of carbonyl (C=O) groups excluding carboxylic acids is 1. The van der Waals surface area contributed by atoms with Gasteiger partial charge in [0.25, 0.3) is 0 Å². The molecule has 3 heteroatoms. The Bertz CT molecular complexity index is 418. The Morgan fingerprint density at radius 1 is 1.15 bits per heavy atom. The van der Waals surface area contributed by atoms with Crippen LogP contribution >= 0.6 is 0 Å². The van der Waals surface area contributed by atoms with Gasteiger partial charge in [-0.1, -0.05) is 6.58 Å². The summed E-state index contributed by atoms with van der Waals surface area (Å²) >= 11 is 0. The number of rotatable bonds is 4. The van der Waals surface area contributed by atoms with Crippen molar-refractivity contribution >= 4 is 5.97 Å². The molecule has 0 heterocycles. The van der Waals surface area contributed by atoms with Crippen molar-refractivity contribution in [2.75, 3.05) is 0 Å². The first-order valence-electron chi connectivity index (χ1n) is 7.88. The van der Waals surface area contributed by atoms with E-state index in [1.54, 1.807) is 6.92 Å². The van der Waals surface area contributed by atoms with E-state index in [2.05, 4.69) is 20.4 Å². The van der Waals surface area contributed by atoms with Crippen LogP contribution in [0.5, 0.6) is 0 Å². The molecular weight excluding hydrogens is 252 g/mol. The lowest BCUT2D eigenvalue weighted by molar-refractivity contribution is -0.240. The highest BCUT2D eigenvalue weighted by Crippen LogP contribution is 2.60. The topological polar surface area (TPSA) is 35.5 Å². The summed E-state index contributed by atoms with van der Waals surface area (Å²) in [4.78, 5) is 12.0. The average Bonchev–Trinajstić information content (AvgIpc) is 2.23. The summed E-state index contributed by atoms with van der Waals surface area (Å²) in [5.41, 5.74) is 0.169. The normalized spacial score (nSPS) is 42.0. The fourth-order valence-electron chi connectivity index (χ4n) is 5.14. The van der Waals surface area contributed by atoms with Crippen LogP contribution in [-0.4, -0.2) is 23.3 Å². The molecule has 4 fully saturated rings. The van der Waals surface area contributed by atoms with Gasteiger partial charge in [-0.3, -0.25) is 0 Å². The monoisotopic (exact) mass is 278 g/mol. The van der Waals surface area contributed by atoms with Crippen LogP contribution in [0.4, 0.5) is 0 Å². The third-order valence-corrected chi connectivity index (χ3v) is 5.10. The summed E-state index contributed by atoms with van der Waals surface area (Å²) < 4.78 is 12.2. The smallest absolute Gasteiger partial charge is 0.333 e. The number of hydrogen-bond acceptors (Lipinski definition) is 3. The van der Waals surface area contributed by atoms with Crippen molar-refractivity contribution in [2.45, 2.75) is 76.6 Å². The summed E-state index contributed by atoms with van der Waals surface area (Å²) in [5, 5.41) is 0. The van der Waals surface area contributed by atoms with Gasteiger partial charge in [-0.15, -0.1) is 0 Å². The van der Waals surface area contributed by atoms with Gasteiger partial charge < -0.3 is 9.47 Å². The molecule has 0 saturated heterocycles. The van der Waals surface area contributed by atoms with Crippen LogP contribution in [0, 0.1) is 11.8 Å². The zero-order chi connectivity index (χ0) is 14.5. The van der Waals surface area contributed by atoms with Gasteiger partial charge in [-0.05, 0) is 64.7 Å². The highest BCUT2D eigenvalue weighted by molar-refractivity contribution is 5.87. The number of carbonyl (C=O) groups is 1. The lowest BCUT2D eigenvalue weighted by Crippen LogP contribution is -2.61. The molecule has 0 radical (unpaired) electrons. The summed E-state index contributed by atoms with van der Waals surface area (Å²) in [5.74, 6) is 1.09. The molecule has 4 bridgehead atoms. The predicted molar refractivity (Wildman–Crippen MR) is 77.3 cm³/mol. The summed E-state index contributed by atoms with van der Waals surface area (Å²) in [6.45, 7) is 9.64. The lowest BCUT2D eigenvalue weighted by atomic mass is 9.52. The maximum absolute atomic E-state index is 12.0. The second kappa shape index (κ2) is 4.59.